The minimum atomic E-state index is -0.123. The quantitative estimate of drug-likeness (QED) is 0.673. The number of piperazine rings is 1. The molecule has 2 atom stereocenters. The number of aryl methyl sites for hydroxylation is 1. The molecule has 3 aromatic rings. The predicted octanol–water partition coefficient (Wildman–Crippen LogP) is 1.69. The summed E-state index contributed by atoms with van der Waals surface area (Å²) in [6.45, 7) is 2.91. The number of piperidine rings is 2. The molecule has 3 saturated heterocycles. The first-order chi connectivity index (χ1) is 14.1. The highest BCUT2D eigenvalue weighted by Crippen LogP contribution is 2.31. The Morgan fingerprint density at radius 1 is 1.10 bits per heavy atom. The van der Waals surface area contributed by atoms with E-state index in [0.717, 1.165) is 18.4 Å². The zero-order chi connectivity index (χ0) is 20.0. The first-order valence-electron chi connectivity index (χ1n) is 9.59. The molecular formula is C20H20N6O3. The number of amides is 2. The molecule has 0 saturated carbocycles. The van der Waals surface area contributed by atoms with Crippen LogP contribution in [0.5, 0.6) is 0 Å². The summed E-state index contributed by atoms with van der Waals surface area (Å²) in [5.74, 6) is 0.671. The van der Waals surface area contributed by atoms with Gasteiger partial charge in [-0.1, -0.05) is 6.07 Å². The van der Waals surface area contributed by atoms with Crippen molar-refractivity contribution >= 4 is 11.8 Å². The smallest absolute Gasteiger partial charge is 0.289 e. The molecule has 0 aliphatic carbocycles. The van der Waals surface area contributed by atoms with Crippen molar-refractivity contribution in [3.8, 4) is 5.82 Å². The lowest BCUT2D eigenvalue weighted by Crippen LogP contribution is -2.65. The number of rotatable bonds is 3. The van der Waals surface area contributed by atoms with Gasteiger partial charge in [-0.15, -0.1) is 0 Å². The Labute approximate surface area is 167 Å². The topological polar surface area (TPSA) is 97.4 Å². The van der Waals surface area contributed by atoms with E-state index in [-0.39, 0.29) is 23.9 Å². The van der Waals surface area contributed by atoms with Gasteiger partial charge < -0.3 is 14.2 Å². The molecule has 6 heterocycles. The van der Waals surface area contributed by atoms with Crippen LogP contribution in [-0.2, 0) is 0 Å². The highest BCUT2D eigenvalue weighted by molar-refractivity contribution is 5.94. The molecule has 3 aliphatic rings. The number of carbonyl (C=O) groups is 2. The van der Waals surface area contributed by atoms with E-state index in [0.29, 0.717) is 30.4 Å². The zero-order valence-corrected chi connectivity index (χ0v) is 15.9. The van der Waals surface area contributed by atoms with Gasteiger partial charge in [-0.25, -0.2) is 14.6 Å². The van der Waals surface area contributed by atoms with Crippen molar-refractivity contribution in [2.75, 3.05) is 13.1 Å². The Hall–Kier alpha value is -3.49. The molecule has 6 rings (SSSR count). The third-order valence-corrected chi connectivity index (χ3v) is 5.60. The van der Waals surface area contributed by atoms with Crippen LogP contribution in [0.4, 0.5) is 0 Å². The second-order valence-electron chi connectivity index (χ2n) is 7.51. The summed E-state index contributed by atoms with van der Waals surface area (Å²) in [6.07, 6.45) is 6.30. The minimum Gasteiger partial charge on any atom is -0.459 e. The molecule has 0 spiro atoms. The van der Waals surface area contributed by atoms with Crippen LogP contribution in [0.25, 0.3) is 5.82 Å². The van der Waals surface area contributed by atoms with E-state index in [4.69, 9.17) is 4.42 Å². The number of pyridine rings is 1. The fourth-order valence-corrected chi connectivity index (χ4v) is 4.15. The fraction of sp³-hybridized carbons (Fsp3) is 0.350. The summed E-state index contributed by atoms with van der Waals surface area (Å²) in [4.78, 5) is 38.0. The molecule has 2 unspecified atom stereocenters. The molecule has 9 nitrogen and oxygen atoms in total. The van der Waals surface area contributed by atoms with Crippen molar-refractivity contribution < 1.29 is 14.0 Å². The second kappa shape index (κ2) is 6.84. The lowest BCUT2D eigenvalue weighted by molar-refractivity contribution is -0.00766. The number of hydrogen-bond acceptors (Lipinski definition) is 6. The number of carbonyl (C=O) groups excluding carboxylic acids is 2. The third-order valence-electron chi connectivity index (χ3n) is 5.60. The molecule has 148 valence electrons. The molecule has 0 radical (unpaired) electrons. The lowest BCUT2D eigenvalue weighted by atomic mass is 9.90. The minimum absolute atomic E-state index is 0.0136. The second-order valence-corrected chi connectivity index (χ2v) is 7.51. The van der Waals surface area contributed by atoms with Crippen LogP contribution in [0.2, 0.25) is 0 Å². The normalized spacial score (nSPS) is 20.9. The highest BCUT2D eigenvalue weighted by Gasteiger charge is 2.44. The summed E-state index contributed by atoms with van der Waals surface area (Å²) in [5, 5.41) is 4.06. The molecule has 3 fully saturated rings. The van der Waals surface area contributed by atoms with Gasteiger partial charge in [0.15, 0.2) is 11.6 Å². The number of aromatic nitrogens is 4. The zero-order valence-electron chi connectivity index (χ0n) is 15.9. The summed E-state index contributed by atoms with van der Waals surface area (Å²) >= 11 is 0. The lowest BCUT2D eigenvalue weighted by Gasteiger charge is -2.51. The summed E-state index contributed by atoms with van der Waals surface area (Å²) < 4.78 is 6.90. The fourth-order valence-electron chi connectivity index (χ4n) is 4.15. The Balaban J connectivity index is 1.34. The number of nitrogens with zero attached hydrogens (tertiary/aromatic N) is 6. The van der Waals surface area contributed by atoms with E-state index < -0.39 is 0 Å². The van der Waals surface area contributed by atoms with E-state index in [1.165, 1.54) is 11.0 Å². The van der Waals surface area contributed by atoms with Crippen molar-refractivity contribution in [3.63, 3.8) is 0 Å². The monoisotopic (exact) mass is 392 g/mol. The van der Waals surface area contributed by atoms with Crippen LogP contribution >= 0.6 is 0 Å². The third kappa shape index (κ3) is 3.08. The van der Waals surface area contributed by atoms with Gasteiger partial charge in [0.1, 0.15) is 18.3 Å². The van der Waals surface area contributed by atoms with Crippen LogP contribution in [0, 0.1) is 6.92 Å². The number of hydrogen-bond donors (Lipinski definition) is 0. The Morgan fingerprint density at radius 2 is 1.86 bits per heavy atom. The molecule has 3 aromatic heterocycles. The van der Waals surface area contributed by atoms with Gasteiger partial charge >= 0.3 is 0 Å². The van der Waals surface area contributed by atoms with Gasteiger partial charge in [-0.3, -0.25) is 9.59 Å². The average Bonchev–Trinajstić information content (AvgIpc) is 3.45. The molecule has 0 aromatic carbocycles. The molecular weight excluding hydrogens is 372 g/mol. The molecule has 2 bridgehead atoms. The first-order valence-corrected chi connectivity index (χ1v) is 9.59. The number of fused-ring (bicyclic) bond motifs is 3. The van der Waals surface area contributed by atoms with E-state index in [1.54, 1.807) is 36.9 Å². The van der Waals surface area contributed by atoms with Crippen LogP contribution < -0.4 is 0 Å². The maximum Gasteiger partial charge on any atom is 0.289 e. The largest absolute Gasteiger partial charge is 0.459 e. The van der Waals surface area contributed by atoms with Gasteiger partial charge in [0.2, 0.25) is 0 Å². The Kier molecular flexibility index (Phi) is 4.15. The maximum absolute atomic E-state index is 13.2. The summed E-state index contributed by atoms with van der Waals surface area (Å²) in [5.41, 5.74) is 1.29. The van der Waals surface area contributed by atoms with Crippen LogP contribution in [0.1, 0.15) is 39.4 Å². The first kappa shape index (κ1) is 17.6. The van der Waals surface area contributed by atoms with Gasteiger partial charge in [0, 0.05) is 25.2 Å². The van der Waals surface area contributed by atoms with Crippen molar-refractivity contribution in [2.45, 2.75) is 31.8 Å². The van der Waals surface area contributed by atoms with Crippen molar-refractivity contribution in [1.29, 1.82) is 0 Å². The standard InChI is InChI=1S/C20H20N6O3/c1-13-7-17(29-10-13)20(28)25-9-14-5-6-15(25)8-24(14)19(27)16-3-2-4-18(23-16)26-12-21-11-22-26/h2-4,7,10-12,14-15H,5-6,8-9H2,1H3. The average molecular weight is 392 g/mol. The van der Waals surface area contributed by atoms with E-state index in [2.05, 4.69) is 15.1 Å². The summed E-state index contributed by atoms with van der Waals surface area (Å²) in [6, 6.07) is 6.99. The summed E-state index contributed by atoms with van der Waals surface area (Å²) in [7, 11) is 0. The Bertz CT molecular complexity index is 1060. The van der Waals surface area contributed by atoms with E-state index >= 15 is 0 Å². The van der Waals surface area contributed by atoms with Gasteiger partial charge in [0.25, 0.3) is 11.8 Å². The molecule has 9 heteroatoms. The van der Waals surface area contributed by atoms with Crippen molar-refractivity contribution in [1.82, 2.24) is 29.5 Å². The van der Waals surface area contributed by atoms with Gasteiger partial charge in [-0.05, 0) is 43.5 Å². The van der Waals surface area contributed by atoms with E-state index in [1.807, 2.05) is 16.7 Å². The molecule has 2 amide bonds. The SMILES string of the molecule is Cc1coc(C(=O)N2CC3CCC2CN3C(=O)c2cccc(-n3cncn3)n2)c1. The number of furan rings is 1. The van der Waals surface area contributed by atoms with Crippen molar-refractivity contribution in [2.24, 2.45) is 0 Å². The highest BCUT2D eigenvalue weighted by atomic mass is 16.3. The Morgan fingerprint density at radius 3 is 2.48 bits per heavy atom. The van der Waals surface area contributed by atoms with Crippen molar-refractivity contribution in [3.05, 3.63) is 60.2 Å². The molecule has 29 heavy (non-hydrogen) atoms. The van der Waals surface area contributed by atoms with Gasteiger partial charge in [0.05, 0.1) is 6.26 Å². The predicted molar refractivity (Wildman–Crippen MR) is 101 cm³/mol. The van der Waals surface area contributed by atoms with E-state index in [9.17, 15) is 9.59 Å². The maximum atomic E-state index is 13.2. The van der Waals surface area contributed by atoms with Crippen LogP contribution in [0.3, 0.4) is 0 Å². The van der Waals surface area contributed by atoms with Crippen LogP contribution in [0.15, 0.2) is 47.6 Å². The van der Waals surface area contributed by atoms with Gasteiger partial charge in [-0.2, -0.15) is 5.10 Å². The van der Waals surface area contributed by atoms with Crippen LogP contribution in [-0.4, -0.2) is 66.5 Å². The molecule has 3 aliphatic heterocycles. The molecule has 0 N–H and O–H groups in total.